The second-order valence-corrected chi connectivity index (χ2v) is 7.61. The van der Waals surface area contributed by atoms with Crippen molar-refractivity contribution in [3.05, 3.63) is 32.9 Å². The minimum atomic E-state index is -0.243. The van der Waals surface area contributed by atoms with Gasteiger partial charge in [0.2, 0.25) is 5.43 Å². The van der Waals surface area contributed by atoms with Gasteiger partial charge in [-0.1, -0.05) is 0 Å². The maximum Gasteiger partial charge on any atom is 0.257 e. The molecule has 1 atom stereocenters. The number of pyridine rings is 1. The van der Waals surface area contributed by atoms with E-state index in [1.165, 1.54) is 11.3 Å². The summed E-state index contributed by atoms with van der Waals surface area (Å²) in [6, 6.07) is 2.12. The quantitative estimate of drug-likeness (QED) is 0.886. The normalized spacial score (nSPS) is 27.2. The Balaban J connectivity index is 1.60. The van der Waals surface area contributed by atoms with Crippen LogP contribution in [0.1, 0.15) is 28.1 Å². The number of hydrogen-bond acceptors (Lipinski definition) is 4. The molecule has 22 heavy (non-hydrogen) atoms. The highest BCUT2D eigenvalue weighted by Gasteiger charge is 2.35. The molecule has 5 rings (SSSR count). The SMILES string of the molecule is Cc1cc2[nH]cc(C(=O)NC3CN4CCC3CC4)c(=O)c2s1. The van der Waals surface area contributed by atoms with Crippen molar-refractivity contribution in [2.45, 2.75) is 25.8 Å². The molecule has 3 aliphatic rings. The largest absolute Gasteiger partial charge is 0.359 e. The average Bonchev–Trinajstić information content (AvgIpc) is 2.90. The van der Waals surface area contributed by atoms with Gasteiger partial charge in [-0.15, -0.1) is 11.3 Å². The van der Waals surface area contributed by atoms with E-state index in [2.05, 4.69) is 15.2 Å². The van der Waals surface area contributed by atoms with Crippen LogP contribution in [-0.2, 0) is 0 Å². The van der Waals surface area contributed by atoms with Gasteiger partial charge >= 0.3 is 0 Å². The molecule has 0 radical (unpaired) electrons. The van der Waals surface area contributed by atoms with Crippen molar-refractivity contribution in [3.8, 4) is 0 Å². The van der Waals surface area contributed by atoms with Crippen LogP contribution in [-0.4, -0.2) is 41.5 Å². The molecule has 3 aliphatic heterocycles. The number of H-pyrrole nitrogens is 1. The molecule has 5 nitrogen and oxygen atoms in total. The van der Waals surface area contributed by atoms with Gasteiger partial charge in [0.15, 0.2) is 0 Å². The van der Waals surface area contributed by atoms with E-state index in [0.717, 1.165) is 42.9 Å². The number of aromatic nitrogens is 1. The number of fused-ring (bicyclic) bond motifs is 4. The summed E-state index contributed by atoms with van der Waals surface area (Å²) in [5.74, 6) is 0.314. The molecular formula is C16H19N3O2S. The number of aromatic amines is 1. The predicted molar refractivity (Wildman–Crippen MR) is 87.6 cm³/mol. The molecule has 2 aromatic rings. The molecule has 1 unspecified atom stereocenters. The number of rotatable bonds is 2. The van der Waals surface area contributed by atoms with Gasteiger partial charge in [0, 0.05) is 23.7 Å². The Labute approximate surface area is 132 Å². The molecule has 0 aromatic carbocycles. The van der Waals surface area contributed by atoms with E-state index < -0.39 is 0 Å². The topological polar surface area (TPSA) is 65.2 Å². The fourth-order valence-corrected chi connectivity index (χ4v) is 4.60. The van der Waals surface area contributed by atoms with Gasteiger partial charge in [-0.2, -0.15) is 0 Å². The van der Waals surface area contributed by atoms with Crippen LogP contribution in [0.4, 0.5) is 0 Å². The fourth-order valence-electron chi connectivity index (χ4n) is 3.67. The van der Waals surface area contributed by atoms with E-state index in [0.29, 0.717) is 10.6 Å². The highest BCUT2D eigenvalue weighted by Crippen LogP contribution is 2.27. The smallest absolute Gasteiger partial charge is 0.257 e. The minimum Gasteiger partial charge on any atom is -0.359 e. The van der Waals surface area contributed by atoms with Crippen molar-refractivity contribution in [2.75, 3.05) is 19.6 Å². The lowest BCUT2D eigenvalue weighted by molar-refractivity contribution is 0.0620. The van der Waals surface area contributed by atoms with Crippen molar-refractivity contribution in [3.63, 3.8) is 0 Å². The zero-order chi connectivity index (χ0) is 15.3. The van der Waals surface area contributed by atoms with Gasteiger partial charge in [-0.25, -0.2) is 0 Å². The molecule has 0 saturated carbocycles. The van der Waals surface area contributed by atoms with Crippen LogP contribution < -0.4 is 10.7 Å². The van der Waals surface area contributed by atoms with Crippen LogP contribution in [0.25, 0.3) is 10.2 Å². The number of amides is 1. The highest BCUT2D eigenvalue weighted by molar-refractivity contribution is 7.18. The summed E-state index contributed by atoms with van der Waals surface area (Å²) in [7, 11) is 0. The fraction of sp³-hybridized carbons (Fsp3) is 0.500. The highest BCUT2D eigenvalue weighted by atomic mass is 32.1. The van der Waals surface area contributed by atoms with Crippen LogP contribution in [0.5, 0.6) is 0 Å². The number of carbonyl (C=O) groups excluding carboxylic acids is 1. The number of nitrogens with one attached hydrogen (secondary N) is 2. The van der Waals surface area contributed by atoms with Gasteiger partial charge in [-0.05, 0) is 44.8 Å². The summed E-state index contributed by atoms with van der Waals surface area (Å²) in [5, 5.41) is 3.08. The summed E-state index contributed by atoms with van der Waals surface area (Å²) < 4.78 is 0.638. The summed E-state index contributed by atoms with van der Waals surface area (Å²) in [6.45, 7) is 5.15. The van der Waals surface area contributed by atoms with E-state index in [9.17, 15) is 9.59 Å². The number of piperidine rings is 3. The first-order valence-electron chi connectivity index (χ1n) is 7.77. The maximum atomic E-state index is 12.5. The first kappa shape index (κ1) is 14.0. The number of hydrogen-bond donors (Lipinski definition) is 2. The number of aryl methyl sites for hydroxylation is 1. The Hall–Kier alpha value is -1.66. The Bertz CT molecular complexity index is 786. The first-order valence-corrected chi connectivity index (χ1v) is 8.58. The third-order valence-electron chi connectivity index (χ3n) is 4.90. The van der Waals surface area contributed by atoms with Crippen LogP contribution >= 0.6 is 11.3 Å². The van der Waals surface area contributed by atoms with Crippen molar-refractivity contribution in [2.24, 2.45) is 5.92 Å². The Kier molecular flexibility index (Phi) is 3.31. The van der Waals surface area contributed by atoms with Crippen molar-refractivity contribution in [1.29, 1.82) is 0 Å². The second-order valence-electron chi connectivity index (χ2n) is 6.35. The molecular weight excluding hydrogens is 298 g/mol. The predicted octanol–water partition coefficient (Wildman–Crippen LogP) is 1.72. The third kappa shape index (κ3) is 2.27. The van der Waals surface area contributed by atoms with Crippen molar-refractivity contribution in [1.82, 2.24) is 15.2 Å². The molecule has 0 aliphatic carbocycles. The maximum absolute atomic E-state index is 12.5. The van der Waals surface area contributed by atoms with Gasteiger partial charge in [0.05, 0.1) is 10.2 Å². The van der Waals surface area contributed by atoms with Gasteiger partial charge in [-0.3, -0.25) is 9.59 Å². The zero-order valence-electron chi connectivity index (χ0n) is 12.5. The summed E-state index contributed by atoms with van der Waals surface area (Å²) in [6.07, 6.45) is 3.84. The molecule has 5 heterocycles. The lowest BCUT2D eigenvalue weighted by Crippen LogP contribution is -2.57. The molecule has 2 aromatic heterocycles. The lowest BCUT2D eigenvalue weighted by atomic mass is 9.84. The van der Waals surface area contributed by atoms with Gasteiger partial charge in [0.25, 0.3) is 5.91 Å². The zero-order valence-corrected chi connectivity index (χ0v) is 13.3. The molecule has 1 amide bonds. The Morgan fingerprint density at radius 1 is 1.41 bits per heavy atom. The van der Waals surface area contributed by atoms with E-state index >= 15 is 0 Å². The number of carbonyl (C=O) groups is 1. The van der Waals surface area contributed by atoms with Gasteiger partial charge in [0.1, 0.15) is 5.56 Å². The molecule has 3 saturated heterocycles. The standard InChI is InChI=1S/C16H19N3O2S/c1-9-6-12-15(22-9)14(20)11(7-17-12)16(21)18-13-8-19-4-2-10(13)3-5-19/h6-7,10,13H,2-5,8H2,1H3,(H,17,20)(H,18,21). The van der Waals surface area contributed by atoms with Crippen molar-refractivity contribution < 1.29 is 4.79 Å². The summed E-state index contributed by atoms with van der Waals surface area (Å²) >= 11 is 1.44. The Morgan fingerprint density at radius 2 is 2.18 bits per heavy atom. The van der Waals surface area contributed by atoms with Crippen LogP contribution in [0, 0.1) is 12.8 Å². The van der Waals surface area contributed by atoms with Crippen molar-refractivity contribution >= 4 is 27.5 Å². The molecule has 3 fully saturated rings. The van der Waals surface area contributed by atoms with Gasteiger partial charge < -0.3 is 15.2 Å². The van der Waals surface area contributed by atoms with E-state index in [-0.39, 0.29) is 22.9 Å². The lowest BCUT2D eigenvalue weighted by Gasteiger charge is -2.44. The monoisotopic (exact) mass is 317 g/mol. The van der Waals surface area contributed by atoms with Crippen LogP contribution in [0.2, 0.25) is 0 Å². The number of nitrogens with zero attached hydrogens (tertiary/aromatic N) is 1. The molecule has 2 N–H and O–H groups in total. The molecule has 116 valence electrons. The first-order chi connectivity index (χ1) is 10.6. The second kappa shape index (κ2) is 5.21. The molecule has 6 heteroatoms. The van der Waals surface area contributed by atoms with Crippen LogP contribution in [0.15, 0.2) is 17.1 Å². The van der Waals surface area contributed by atoms with E-state index in [1.54, 1.807) is 6.20 Å². The van der Waals surface area contributed by atoms with Crippen LogP contribution in [0.3, 0.4) is 0 Å². The molecule has 2 bridgehead atoms. The van der Waals surface area contributed by atoms with E-state index in [1.807, 2.05) is 13.0 Å². The molecule has 0 spiro atoms. The summed E-state index contributed by atoms with van der Waals surface area (Å²) in [5.41, 5.74) is 0.878. The summed E-state index contributed by atoms with van der Waals surface area (Å²) in [4.78, 5) is 31.5. The average molecular weight is 317 g/mol. The third-order valence-corrected chi connectivity index (χ3v) is 5.94. The Morgan fingerprint density at radius 3 is 2.86 bits per heavy atom. The minimum absolute atomic E-state index is 0.161. The van der Waals surface area contributed by atoms with E-state index in [4.69, 9.17) is 0 Å². The number of thiophene rings is 1.